The van der Waals surface area contributed by atoms with Crippen molar-refractivity contribution in [2.45, 2.75) is 24.8 Å². The number of phenolic OH excluding ortho intramolecular Hbond substituents is 1. The van der Waals surface area contributed by atoms with Crippen molar-refractivity contribution in [3.8, 4) is 5.75 Å². The predicted octanol–water partition coefficient (Wildman–Crippen LogP) is 2.52. The van der Waals surface area contributed by atoms with Gasteiger partial charge in [-0.3, -0.25) is 0 Å². The molecular formula is C10H11ClFNO. The van der Waals surface area contributed by atoms with Crippen LogP contribution in [-0.4, -0.2) is 5.11 Å². The number of rotatable bonds is 1. The van der Waals surface area contributed by atoms with Crippen LogP contribution in [0.4, 0.5) is 4.39 Å². The van der Waals surface area contributed by atoms with Crippen molar-refractivity contribution in [2.75, 3.05) is 0 Å². The third kappa shape index (κ3) is 1.37. The molecule has 2 nitrogen and oxygen atoms in total. The maximum absolute atomic E-state index is 13.4. The molecule has 0 spiro atoms. The summed E-state index contributed by atoms with van der Waals surface area (Å²) in [6, 6.07) is 2.44. The lowest BCUT2D eigenvalue weighted by atomic mass is 9.72. The molecule has 76 valence electrons. The van der Waals surface area contributed by atoms with Crippen LogP contribution < -0.4 is 5.73 Å². The van der Waals surface area contributed by atoms with Gasteiger partial charge in [0.2, 0.25) is 0 Å². The van der Waals surface area contributed by atoms with Gasteiger partial charge in [-0.1, -0.05) is 11.6 Å². The van der Waals surface area contributed by atoms with E-state index in [4.69, 9.17) is 22.4 Å². The highest BCUT2D eigenvalue weighted by atomic mass is 35.5. The molecule has 0 aliphatic heterocycles. The van der Waals surface area contributed by atoms with Gasteiger partial charge >= 0.3 is 0 Å². The third-order valence-corrected chi connectivity index (χ3v) is 3.12. The Balaban J connectivity index is 2.48. The Morgan fingerprint density at radius 2 is 2.07 bits per heavy atom. The molecule has 1 aliphatic carbocycles. The standard InChI is InChI=1S/C10H11ClFNO/c11-7-4-6(8(12)5-9(7)14)10(13)2-1-3-10/h4-5,14H,1-3,13H2. The minimum atomic E-state index is -0.582. The van der Waals surface area contributed by atoms with Crippen LogP contribution in [0.5, 0.6) is 5.75 Å². The van der Waals surface area contributed by atoms with Crippen LogP contribution in [0.15, 0.2) is 12.1 Å². The van der Waals surface area contributed by atoms with Gasteiger partial charge in [0.05, 0.1) is 5.02 Å². The molecule has 1 fully saturated rings. The SMILES string of the molecule is NC1(c2cc(Cl)c(O)cc2F)CCC1. The highest BCUT2D eigenvalue weighted by molar-refractivity contribution is 6.32. The lowest BCUT2D eigenvalue weighted by Gasteiger charge is -2.38. The van der Waals surface area contributed by atoms with E-state index < -0.39 is 11.4 Å². The van der Waals surface area contributed by atoms with Gasteiger partial charge in [-0.05, 0) is 25.3 Å². The van der Waals surface area contributed by atoms with Gasteiger partial charge in [0, 0.05) is 17.2 Å². The van der Waals surface area contributed by atoms with E-state index in [9.17, 15) is 4.39 Å². The zero-order chi connectivity index (χ0) is 10.3. The van der Waals surface area contributed by atoms with Crippen LogP contribution >= 0.6 is 11.6 Å². The zero-order valence-corrected chi connectivity index (χ0v) is 8.31. The smallest absolute Gasteiger partial charge is 0.137 e. The highest BCUT2D eigenvalue weighted by Crippen LogP contribution is 2.42. The van der Waals surface area contributed by atoms with Crippen LogP contribution in [0, 0.1) is 5.82 Å². The summed E-state index contributed by atoms with van der Waals surface area (Å²) in [5.74, 6) is -0.718. The summed E-state index contributed by atoms with van der Waals surface area (Å²) in [6.07, 6.45) is 2.55. The molecule has 0 saturated heterocycles. The maximum atomic E-state index is 13.4. The number of aromatic hydroxyl groups is 1. The van der Waals surface area contributed by atoms with Gasteiger partial charge < -0.3 is 10.8 Å². The van der Waals surface area contributed by atoms with E-state index in [0.717, 1.165) is 25.3 Å². The average Bonchev–Trinajstić information content (AvgIpc) is 2.07. The van der Waals surface area contributed by atoms with Crippen LogP contribution in [-0.2, 0) is 5.54 Å². The monoisotopic (exact) mass is 215 g/mol. The number of nitrogens with two attached hydrogens (primary N) is 1. The first-order valence-electron chi connectivity index (χ1n) is 4.50. The number of hydrogen-bond donors (Lipinski definition) is 2. The molecule has 1 aliphatic rings. The van der Waals surface area contributed by atoms with Crippen LogP contribution in [0.2, 0.25) is 5.02 Å². The molecule has 1 aromatic rings. The van der Waals surface area contributed by atoms with Crippen LogP contribution in [0.1, 0.15) is 24.8 Å². The number of phenols is 1. The first kappa shape index (κ1) is 9.74. The van der Waals surface area contributed by atoms with Crippen molar-refractivity contribution in [1.82, 2.24) is 0 Å². The third-order valence-electron chi connectivity index (χ3n) is 2.82. The Bertz CT molecular complexity index is 377. The molecule has 4 heteroatoms. The molecule has 0 radical (unpaired) electrons. The Kier molecular flexibility index (Phi) is 2.16. The minimum absolute atomic E-state index is 0.151. The topological polar surface area (TPSA) is 46.2 Å². The second kappa shape index (κ2) is 3.11. The fourth-order valence-electron chi connectivity index (χ4n) is 1.74. The molecular weight excluding hydrogens is 205 g/mol. The Labute approximate surface area is 86.5 Å². The normalized spacial score (nSPS) is 19.1. The van der Waals surface area contributed by atoms with Gasteiger partial charge in [-0.25, -0.2) is 4.39 Å². The van der Waals surface area contributed by atoms with E-state index in [1.165, 1.54) is 6.07 Å². The molecule has 14 heavy (non-hydrogen) atoms. The van der Waals surface area contributed by atoms with Gasteiger partial charge in [-0.2, -0.15) is 0 Å². The lowest BCUT2D eigenvalue weighted by molar-refractivity contribution is 0.245. The largest absolute Gasteiger partial charge is 0.506 e. The van der Waals surface area contributed by atoms with Crippen molar-refractivity contribution in [3.63, 3.8) is 0 Å². The molecule has 0 aromatic heterocycles. The number of hydrogen-bond acceptors (Lipinski definition) is 2. The molecule has 0 bridgehead atoms. The molecule has 1 saturated carbocycles. The molecule has 0 amide bonds. The Morgan fingerprint density at radius 1 is 1.43 bits per heavy atom. The highest BCUT2D eigenvalue weighted by Gasteiger charge is 2.37. The molecule has 0 unspecified atom stereocenters. The summed E-state index contributed by atoms with van der Waals surface area (Å²) < 4.78 is 13.4. The lowest BCUT2D eigenvalue weighted by Crippen LogP contribution is -2.44. The van der Waals surface area contributed by atoms with Crippen molar-refractivity contribution in [2.24, 2.45) is 5.73 Å². The Hall–Kier alpha value is -0.800. The van der Waals surface area contributed by atoms with Gasteiger partial charge in [-0.15, -0.1) is 0 Å². The summed E-state index contributed by atoms with van der Waals surface area (Å²) in [4.78, 5) is 0. The predicted molar refractivity (Wildman–Crippen MR) is 52.8 cm³/mol. The first-order chi connectivity index (χ1) is 6.53. The van der Waals surface area contributed by atoms with Gasteiger partial charge in [0.25, 0.3) is 0 Å². The quantitative estimate of drug-likeness (QED) is 0.756. The fourth-order valence-corrected chi connectivity index (χ4v) is 1.91. The van der Waals surface area contributed by atoms with E-state index >= 15 is 0 Å². The fraction of sp³-hybridized carbons (Fsp3) is 0.400. The summed E-state index contributed by atoms with van der Waals surface area (Å²) in [5, 5.41) is 9.32. The van der Waals surface area contributed by atoms with E-state index in [2.05, 4.69) is 0 Å². The molecule has 0 atom stereocenters. The molecule has 1 aromatic carbocycles. The van der Waals surface area contributed by atoms with E-state index in [0.29, 0.717) is 5.56 Å². The van der Waals surface area contributed by atoms with Crippen molar-refractivity contribution >= 4 is 11.6 Å². The van der Waals surface area contributed by atoms with E-state index in [-0.39, 0.29) is 10.8 Å². The summed E-state index contributed by atoms with van der Waals surface area (Å²) >= 11 is 5.70. The van der Waals surface area contributed by atoms with Crippen LogP contribution in [0.3, 0.4) is 0 Å². The maximum Gasteiger partial charge on any atom is 0.137 e. The van der Waals surface area contributed by atoms with Gasteiger partial charge in [0.1, 0.15) is 11.6 Å². The summed E-state index contributed by atoms with van der Waals surface area (Å²) in [7, 11) is 0. The summed E-state index contributed by atoms with van der Waals surface area (Å²) in [5.41, 5.74) is 5.79. The molecule has 0 heterocycles. The van der Waals surface area contributed by atoms with E-state index in [1.807, 2.05) is 0 Å². The van der Waals surface area contributed by atoms with Crippen molar-refractivity contribution < 1.29 is 9.50 Å². The average molecular weight is 216 g/mol. The summed E-state index contributed by atoms with van der Waals surface area (Å²) in [6.45, 7) is 0. The minimum Gasteiger partial charge on any atom is -0.506 e. The van der Waals surface area contributed by atoms with Crippen LogP contribution in [0.25, 0.3) is 0 Å². The molecule has 3 N–H and O–H groups in total. The first-order valence-corrected chi connectivity index (χ1v) is 4.88. The van der Waals surface area contributed by atoms with Crippen molar-refractivity contribution in [1.29, 1.82) is 0 Å². The number of benzene rings is 1. The second-order valence-electron chi connectivity index (χ2n) is 3.79. The van der Waals surface area contributed by atoms with Gasteiger partial charge in [0.15, 0.2) is 0 Å². The number of halogens is 2. The second-order valence-corrected chi connectivity index (χ2v) is 4.20. The van der Waals surface area contributed by atoms with Crippen molar-refractivity contribution in [3.05, 3.63) is 28.5 Å². The zero-order valence-electron chi connectivity index (χ0n) is 7.56. The Morgan fingerprint density at radius 3 is 2.57 bits per heavy atom. The van der Waals surface area contributed by atoms with E-state index in [1.54, 1.807) is 0 Å². The molecule has 2 rings (SSSR count).